The molecule has 0 saturated heterocycles. The first-order chi connectivity index (χ1) is 9.22. The molecule has 1 aromatic rings. The van der Waals surface area contributed by atoms with E-state index in [-0.39, 0.29) is 10.9 Å². The molecule has 116 valence electrons. The first-order valence-corrected chi connectivity index (χ1v) is 8.11. The molecule has 7 nitrogen and oxygen atoms in total. The smallest absolute Gasteiger partial charge is 0.243 e. The number of aliphatic hydroxyl groups is 1. The lowest BCUT2D eigenvalue weighted by molar-refractivity contribution is 0.109. The fourth-order valence-electron chi connectivity index (χ4n) is 1.84. The Kier molecular flexibility index (Phi) is 6.12. The van der Waals surface area contributed by atoms with Crippen LogP contribution in [0.4, 0.5) is 0 Å². The lowest BCUT2D eigenvalue weighted by atomic mass is 10.2. The minimum atomic E-state index is -3.51. The molecule has 0 radical (unpaired) electrons. The van der Waals surface area contributed by atoms with Crippen LogP contribution < -0.4 is 4.72 Å². The molecule has 1 atom stereocenters. The van der Waals surface area contributed by atoms with Gasteiger partial charge in [-0.1, -0.05) is 0 Å². The fraction of sp³-hybridized carbons (Fsp3) is 0.750. The van der Waals surface area contributed by atoms with Crippen LogP contribution in [0.1, 0.15) is 20.8 Å². The summed E-state index contributed by atoms with van der Waals surface area (Å²) in [4.78, 5) is 2.18. The molecule has 0 aliphatic carbocycles. The maximum atomic E-state index is 12.0. The van der Waals surface area contributed by atoms with Gasteiger partial charge in [-0.15, -0.1) is 0 Å². The number of hydrogen-bond acceptors (Lipinski definition) is 5. The number of sulfonamides is 1. The van der Waals surface area contributed by atoms with Crippen molar-refractivity contribution in [3.05, 3.63) is 12.4 Å². The van der Waals surface area contributed by atoms with Gasteiger partial charge in [-0.3, -0.25) is 9.58 Å². The van der Waals surface area contributed by atoms with Gasteiger partial charge in [0.25, 0.3) is 0 Å². The van der Waals surface area contributed by atoms with Crippen LogP contribution in [0, 0.1) is 0 Å². The van der Waals surface area contributed by atoms with Gasteiger partial charge < -0.3 is 5.11 Å². The van der Waals surface area contributed by atoms with Crippen molar-refractivity contribution < 1.29 is 13.5 Å². The summed E-state index contributed by atoms with van der Waals surface area (Å²) in [5.41, 5.74) is 0. The van der Waals surface area contributed by atoms with Crippen LogP contribution in [0.5, 0.6) is 0 Å². The molecule has 8 heteroatoms. The summed E-state index contributed by atoms with van der Waals surface area (Å²) in [7, 11) is -1.84. The summed E-state index contributed by atoms with van der Waals surface area (Å²) >= 11 is 0. The van der Waals surface area contributed by atoms with Crippen LogP contribution >= 0.6 is 0 Å². The predicted octanol–water partition coefficient (Wildman–Crippen LogP) is -0.210. The van der Waals surface area contributed by atoms with E-state index in [9.17, 15) is 13.5 Å². The molecule has 1 heterocycles. The average Bonchev–Trinajstić information content (AvgIpc) is 2.74. The van der Waals surface area contributed by atoms with Crippen molar-refractivity contribution >= 4 is 10.0 Å². The van der Waals surface area contributed by atoms with E-state index >= 15 is 0 Å². The van der Waals surface area contributed by atoms with Gasteiger partial charge in [-0.25, -0.2) is 13.1 Å². The van der Waals surface area contributed by atoms with Crippen molar-refractivity contribution in [1.82, 2.24) is 19.4 Å². The normalized spacial score (nSPS) is 14.2. The number of aryl methyl sites for hydroxylation is 1. The number of aromatic nitrogens is 2. The van der Waals surface area contributed by atoms with Crippen molar-refractivity contribution in [3.8, 4) is 0 Å². The molecule has 0 aromatic carbocycles. The Bertz CT molecular complexity index is 511. The maximum Gasteiger partial charge on any atom is 0.243 e. The second-order valence-corrected chi connectivity index (χ2v) is 6.95. The zero-order valence-corrected chi connectivity index (χ0v) is 13.3. The van der Waals surface area contributed by atoms with E-state index in [2.05, 4.69) is 9.82 Å². The lowest BCUT2D eigenvalue weighted by Crippen LogP contribution is -2.41. The summed E-state index contributed by atoms with van der Waals surface area (Å²) in [6.07, 6.45) is 2.34. The number of rotatable bonds is 8. The Morgan fingerprint density at radius 3 is 2.55 bits per heavy atom. The summed E-state index contributed by atoms with van der Waals surface area (Å²) in [5.74, 6) is 0. The average molecular weight is 304 g/mol. The van der Waals surface area contributed by atoms with Gasteiger partial charge in [-0.2, -0.15) is 5.10 Å². The third kappa shape index (κ3) is 5.20. The second-order valence-electron chi connectivity index (χ2n) is 5.19. The predicted molar refractivity (Wildman–Crippen MR) is 76.8 cm³/mol. The topological polar surface area (TPSA) is 87.5 Å². The molecule has 0 unspecified atom stereocenters. The van der Waals surface area contributed by atoms with Gasteiger partial charge in [0.1, 0.15) is 4.90 Å². The van der Waals surface area contributed by atoms with Gasteiger partial charge >= 0.3 is 0 Å². The van der Waals surface area contributed by atoms with E-state index in [1.165, 1.54) is 17.1 Å². The summed E-state index contributed by atoms with van der Waals surface area (Å²) in [6.45, 7) is 7.10. The number of aliphatic hydroxyl groups excluding tert-OH is 1. The Morgan fingerprint density at radius 2 is 2.10 bits per heavy atom. The molecule has 0 fully saturated rings. The highest BCUT2D eigenvalue weighted by Gasteiger charge is 2.17. The SMILES string of the molecule is CC(C)N(CCNS(=O)(=O)c1cnn(C)c1)C[C@@H](C)O. The first kappa shape index (κ1) is 17.1. The largest absolute Gasteiger partial charge is 0.392 e. The van der Waals surface area contributed by atoms with Crippen molar-refractivity contribution in [2.24, 2.45) is 7.05 Å². The van der Waals surface area contributed by atoms with E-state index in [1.54, 1.807) is 14.0 Å². The van der Waals surface area contributed by atoms with Gasteiger partial charge in [-0.05, 0) is 20.8 Å². The van der Waals surface area contributed by atoms with Gasteiger partial charge in [0.2, 0.25) is 10.0 Å². The molecule has 0 amide bonds. The minimum Gasteiger partial charge on any atom is -0.392 e. The Labute approximate surface area is 120 Å². The van der Waals surface area contributed by atoms with Crippen molar-refractivity contribution in [3.63, 3.8) is 0 Å². The lowest BCUT2D eigenvalue weighted by Gasteiger charge is -2.27. The quantitative estimate of drug-likeness (QED) is 0.694. The van der Waals surface area contributed by atoms with Crippen LogP contribution in [-0.2, 0) is 17.1 Å². The van der Waals surface area contributed by atoms with Crippen molar-refractivity contribution in [2.45, 2.75) is 37.8 Å². The Hall–Kier alpha value is -0.960. The second kappa shape index (κ2) is 7.16. The Morgan fingerprint density at radius 1 is 1.45 bits per heavy atom. The fourth-order valence-corrected chi connectivity index (χ4v) is 2.85. The van der Waals surface area contributed by atoms with Gasteiger partial charge in [0.05, 0.1) is 12.3 Å². The summed E-state index contributed by atoms with van der Waals surface area (Å²) < 4.78 is 28.0. The van der Waals surface area contributed by atoms with E-state index in [4.69, 9.17) is 0 Å². The van der Waals surface area contributed by atoms with Crippen LogP contribution in [0.15, 0.2) is 17.3 Å². The monoisotopic (exact) mass is 304 g/mol. The maximum absolute atomic E-state index is 12.0. The number of nitrogens with one attached hydrogen (secondary N) is 1. The first-order valence-electron chi connectivity index (χ1n) is 6.63. The third-order valence-corrected chi connectivity index (χ3v) is 4.33. The van der Waals surface area contributed by atoms with Crippen molar-refractivity contribution in [2.75, 3.05) is 19.6 Å². The molecule has 2 N–H and O–H groups in total. The molecule has 0 bridgehead atoms. The van der Waals surface area contributed by atoms with Crippen LogP contribution in [0.3, 0.4) is 0 Å². The molecule has 0 spiro atoms. The van der Waals surface area contributed by atoms with Crippen LogP contribution in [0.2, 0.25) is 0 Å². The van der Waals surface area contributed by atoms with Crippen LogP contribution in [0.25, 0.3) is 0 Å². The van der Waals surface area contributed by atoms with E-state index < -0.39 is 16.1 Å². The molecular weight excluding hydrogens is 280 g/mol. The van der Waals surface area contributed by atoms with E-state index in [1.807, 2.05) is 18.7 Å². The third-order valence-electron chi connectivity index (χ3n) is 2.91. The highest BCUT2D eigenvalue weighted by atomic mass is 32.2. The molecule has 20 heavy (non-hydrogen) atoms. The molecular formula is C12H24N4O3S. The highest BCUT2D eigenvalue weighted by molar-refractivity contribution is 7.89. The Balaban J connectivity index is 2.54. The highest BCUT2D eigenvalue weighted by Crippen LogP contribution is 2.06. The molecule has 1 rings (SSSR count). The van der Waals surface area contributed by atoms with Crippen LogP contribution in [-0.4, -0.2) is 60.0 Å². The number of hydrogen-bond donors (Lipinski definition) is 2. The zero-order valence-electron chi connectivity index (χ0n) is 12.4. The molecule has 0 aliphatic rings. The molecule has 0 saturated carbocycles. The standard InChI is InChI=1S/C12H24N4O3S/c1-10(2)16(8-11(3)17)6-5-14-20(18,19)12-7-13-15(4)9-12/h7,9-11,14,17H,5-6,8H2,1-4H3/t11-/m1/s1. The zero-order chi connectivity index (χ0) is 15.3. The van der Waals surface area contributed by atoms with E-state index in [0.717, 1.165) is 0 Å². The van der Waals surface area contributed by atoms with Gasteiger partial charge in [0, 0.05) is 38.9 Å². The van der Waals surface area contributed by atoms with Gasteiger partial charge in [0.15, 0.2) is 0 Å². The molecule has 0 aliphatic heterocycles. The number of nitrogens with zero attached hydrogens (tertiary/aromatic N) is 3. The van der Waals surface area contributed by atoms with Crippen molar-refractivity contribution in [1.29, 1.82) is 0 Å². The summed E-state index contributed by atoms with van der Waals surface area (Å²) in [5, 5.41) is 13.3. The minimum absolute atomic E-state index is 0.159. The summed E-state index contributed by atoms with van der Waals surface area (Å²) in [6, 6.07) is 0.243. The van der Waals surface area contributed by atoms with E-state index in [0.29, 0.717) is 19.6 Å². The molecule has 1 aromatic heterocycles.